The summed E-state index contributed by atoms with van der Waals surface area (Å²) in [6, 6.07) is 28.4. The van der Waals surface area contributed by atoms with E-state index in [1.54, 1.807) is 88.4 Å². The molecule has 246 valence electrons. The lowest BCUT2D eigenvalue weighted by atomic mass is 10.1. The Labute approximate surface area is 282 Å². The van der Waals surface area contributed by atoms with Gasteiger partial charge in [-0.05, 0) is 112 Å². The third kappa shape index (κ3) is 6.41. The molecule has 8 nitrogen and oxygen atoms in total. The van der Waals surface area contributed by atoms with Crippen molar-refractivity contribution in [2.45, 2.75) is 51.3 Å². The molecule has 0 fully saturated rings. The average molecular weight is 681 g/mol. The van der Waals surface area contributed by atoms with Crippen LogP contribution in [0.2, 0.25) is 0 Å². The van der Waals surface area contributed by atoms with E-state index in [0.29, 0.717) is 22.3 Å². The highest BCUT2D eigenvalue weighted by atomic mass is 32.2. The van der Waals surface area contributed by atoms with Gasteiger partial charge >= 0.3 is 0 Å². The number of aryl methyl sites for hydroxylation is 6. The molecule has 0 aliphatic heterocycles. The SMILES string of the molecule is Cc1cc(C)c(S(=O)(=O)N(C(=O)c2ccccc2)c2ccc(N(C(=O)c3ccccc3)S(=O)(=O)c3c(C)cc(C)cc3C)cc2)c(C)c1. The van der Waals surface area contributed by atoms with E-state index in [1.807, 2.05) is 13.8 Å². The Morgan fingerprint density at radius 3 is 0.979 bits per heavy atom. The van der Waals surface area contributed by atoms with Crippen molar-refractivity contribution in [3.63, 3.8) is 0 Å². The molecule has 0 atom stereocenters. The minimum atomic E-state index is -4.47. The maximum Gasteiger partial charge on any atom is 0.272 e. The van der Waals surface area contributed by atoms with Gasteiger partial charge in [-0.3, -0.25) is 9.59 Å². The fraction of sp³-hybridized carbons (Fsp3) is 0.158. The van der Waals surface area contributed by atoms with Gasteiger partial charge in [-0.1, -0.05) is 71.8 Å². The van der Waals surface area contributed by atoms with Crippen LogP contribution in [0.5, 0.6) is 0 Å². The molecule has 5 rings (SSSR count). The van der Waals surface area contributed by atoms with E-state index in [1.165, 1.54) is 48.5 Å². The van der Waals surface area contributed by atoms with Crippen molar-refractivity contribution in [2.24, 2.45) is 0 Å². The second kappa shape index (κ2) is 13.2. The number of hydrogen-bond acceptors (Lipinski definition) is 6. The lowest BCUT2D eigenvalue weighted by Crippen LogP contribution is -2.39. The van der Waals surface area contributed by atoms with E-state index in [0.717, 1.165) is 19.7 Å². The number of carbonyl (C=O) groups is 2. The predicted molar refractivity (Wildman–Crippen MR) is 189 cm³/mol. The quantitative estimate of drug-likeness (QED) is 0.167. The van der Waals surface area contributed by atoms with E-state index in [9.17, 15) is 26.4 Å². The summed E-state index contributed by atoms with van der Waals surface area (Å²) in [7, 11) is -8.95. The van der Waals surface area contributed by atoms with Crippen molar-refractivity contribution < 1.29 is 26.4 Å². The van der Waals surface area contributed by atoms with Crippen LogP contribution in [0.1, 0.15) is 54.1 Å². The van der Waals surface area contributed by atoms with E-state index < -0.39 is 31.9 Å². The van der Waals surface area contributed by atoms with Crippen LogP contribution >= 0.6 is 0 Å². The maximum atomic E-state index is 14.4. The smallest absolute Gasteiger partial charge is 0.268 e. The molecule has 0 unspecified atom stereocenters. The molecule has 0 bridgehead atoms. The second-order valence-electron chi connectivity index (χ2n) is 11.9. The zero-order valence-electron chi connectivity index (χ0n) is 27.6. The van der Waals surface area contributed by atoms with Gasteiger partial charge in [0, 0.05) is 11.1 Å². The van der Waals surface area contributed by atoms with Crippen molar-refractivity contribution >= 4 is 43.2 Å². The largest absolute Gasteiger partial charge is 0.272 e. The maximum absolute atomic E-state index is 14.4. The van der Waals surface area contributed by atoms with Crippen LogP contribution in [0.3, 0.4) is 0 Å². The van der Waals surface area contributed by atoms with Crippen molar-refractivity contribution in [1.82, 2.24) is 0 Å². The average Bonchev–Trinajstić information content (AvgIpc) is 3.01. The third-order valence-electron chi connectivity index (χ3n) is 7.94. The molecule has 5 aromatic carbocycles. The van der Waals surface area contributed by atoms with Gasteiger partial charge in [0.1, 0.15) is 0 Å². The van der Waals surface area contributed by atoms with Gasteiger partial charge in [0.15, 0.2) is 0 Å². The number of rotatable bonds is 8. The molecular weight excluding hydrogens is 645 g/mol. The van der Waals surface area contributed by atoms with Gasteiger partial charge in [0.05, 0.1) is 21.2 Å². The van der Waals surface area contributed by atoms with E-state index in [-0.39, 0.29) is 32.3 Å². The first-order valence-corrected chi connectivity index (χ1v) is 18.1. The summed E-state index contributed by atoms with van der Waals surface area (Å²) in [5.74, 6) is -1.59. The van der Waals surface area contributed by atoms with Crippen LogP contribution in [0, 0.1) is 41.5 Å². The fourth-order valence-corrected chi connectivity index (χ4v) is 9.85. The summed E-state index contributed by atoms with van der Waals surface area (Å²) in [5, 5.41) is 0. The zero-order valence-corrected chi connectivity index (χ0v) is 29.2. The molecular formula is C38H36N2O6S2. The number of anilines is 2. The first kappa shape index (κ1) is 34.3. The molecule has 0 N–H and O–H groups in total. The van der Waals surface area contributed by atoms with Crippen LogP contribution in [0.25, 0.3) is 0 Å². The summed E-state index contributed by atoms with van der Waals surface area (Å²) < 4.78 is 59.1. The summed E-state index contributed by atoms with van der Waals surface area (Å²) >= 11 is 0. The number of amides is 2. The van der Waals surface area contributed by atoms with Crippen LogP contribution in [0.4, 0.5) is 11.4 Å². The highest BCUT2D eigenvalue weighted by Crippen LogP contribution is 2.35. The lowest BCUT2D eigenvalue weighted by Gasteiger charge is -2.27. The number of nitrogens with zero attached hydrogens (tertiary/aromatic N) is 2. The van der Waals surface area contributed by atoms with Crippen LogP contribution < -0.4 is 8.61 Å². The summed E-state index contributed by atoms with van der Waals surface area (Å²) in [6.07, 6.45) is 0. The van der Waals surface area contributed by atoms with Gasteiger partial charge in [-0.2, -0.15) is 8.61 Å². The monoisotopic (exact) mass is 680 g/mol. The minimum absolute atomic E-state index is 0.00441. The number of sulfonamides is 2. The molecule has 10 heteroatoms. The second-order valence-corrected chi connectivity index (χ2v) is 15.3. The van der Waals surface area contributed by atoms with E-state index >= 15 is 0 Å². The van der Waals surface area contributed by atoms with Crippen LogP contribution in [-0.4, -0.2) is 28.6 Å². The highest BCUT2D eigenvalue weighted by molar-refractivity contribution is 7.94. The molecule has 48 heavy (non-hydrogen) atoms. The standard InChI is InChI=1S/C38H36N2O6S2/c1-25-21-27(3)35(28(4)22-25)47(43,44)39(37(41)31-13-9-7-10-14-31)33-17-19-34(20-18-33)40(38(42)32-15-11-8-12-16-32)48(45,46)36-29(5)23-26(2)24-30(36)6/h7-24H,1-6H3. The third-order valence-corrected chi connectivity index (χ3v) is 12.0. The van der Waals surface area contributed by atoms with Crippen molar-refractivity contribution in [2.75, 3.05) is 8.61 Å². The van der Waals surface area contributed by atoms with Crippen molar-refractivity contribution in [1.29, 1.82) is 0 Å². The predicted octanol–water partition coefficient (Wildman–Crippen LogP) is 7.61. The minimum Gasteiger partial charge on any atom is -0.268 e. The number of hydrogen-bond donors (Lipinski definition) is 0. The van der Waals surface area contributed by atoms with E-state index in [2.05, 4.69) is 0 Å². The topological polar surface area (TPSA) is 109 Å². The van der Waals surface area contributed by atoms with Gasteiger partial charge in [-0.15, -0.1) is 0 Å². The first-order chi connectivity index (χ1) is 22.6. The Kier molecular flexibility index (Phi) is 9.44. The molecule has 0 saturated heterocycles. The van der Waals surface area contributed by atoms with Crippen LogP contribution in [-0.2, 0) is 20.0 Å². The Hall–Kier alpha value is -5.06. The zero-order chi connectivity index (χ0) is 35.0. The lowest BCUT2D eigenvalue weighted by molar-refractivity contribution is 0.0996. The van der Waals surface area contributed by atoms with Crippen LogP contribution in [0.15, 0.2) is 119 Å². The van der Waals surface area contributed by atoms with Gasteiger partial charge in [0.25, 0.3) is 31.9 Å². The Bertz CT molecular complexity index is 2040. The summed E-state index contributed by atoms with van der Waals surface area (Å²) in [4.78, 5) is 28.0. The molecule has 0 aromatic heterocycles. The van der Waals surface area contributed by atoms with Gasteiger partial charge < -0.3 is 0 Å². The number of benzene rings is 5. The molecule has 0 heterocycles. The normalized spacial score (nSPS) is 11.6. The molecule has 2 amide bonds. The summed E-state index contributed by atoms with van der Waals surface area (Å²) in [5.41, 5.74) is 3.87. The Morgan fingerprint density at radius 2 is 0.708 bits per heavy atom. The molecule has 0 aliphatic rings. The van der Waals surface area contributed by atoms with Crippen molar-refractivity contribution in [3.8, 4) is 0 Å². The highest BCUT2D eigenvalue weighted by Gasteiger charge is 2.37. The van der Waals surface area contributed by atoms with Crippen molar-refractivity contribution in [3.05, 3.63) is 154 Å². The molecule has 0 spiro atoms. The number of carbonyl (C=O) groups excluding carboxylic acids is 2. The summed E-state index contributed by atoms with van der Waals surface area (Å²) in [6.45, 7) is 10.4. The van der Waals surface area contributed by atoms with Gasteiger partial charge in [0.2, 0.25) is 0 Å². The Morgan fingerprint density at radius 1 is 0.438 bits per heavy atom. The fourth-order valence-electron chi connectivity index (χ4n) is 6.18. The first-order valence-electron chi connectivity index (χ1n) is 15.2. The molecule has 5 aromatic rings. The van der Waals surface area contributed by atoms with E-state index in [4.69, 9.17) is 0 Å². The molecule has 0 radical (unpaired) electrons. The van der Waals surface area contributed by atoms with Gasteiger partial charge in [-0.25, -0.2) is 16.8 Å². The Balaban J connectivity index is 1.70. The molecule has 0 saturated carbocycles. The molecule has 0 aliphatic carbocycles.